The Kier molecular flexibility index (Phi) is 8.33. The molecule has 0 aliphatic rings. The second-order valence-electron chi connectivity index (χ2n) is 5.92. The quantitative estimate of drug-likeness (QED) is 0.504. The Bertz CT molecular complexity index is 876. The van der Waals surface area contributed by atoms with Crippen LogP contribution in [0.15, 0.2) is 35.2 Å². The Morgan fingerprint density at radius 2 is 1.79 bits per heavy atom. The topological polar surface area (TPSA) is 119 Å². The molecule has 0 saturated heterocycles. The fraction of sp³-hybridized carbons (Fsp3) is 0.389. The van der Waals surface area contributed by atoms with Crippen molar-refractivity contribution in [1.82, 2.24) is 4.31 Å². The number of hydrogen-bond donors (Lipinski definition) is 1. The number of esters is 2. The number of carbonyl (C=O) groups is 3. The molecule has 0 fully saturated rings. The minimum atomic E-state index is -3.67. The summed E-state index contributed by atoms with van der Waals surface area (Å²) in [6, 6.07) is 4.33. The molecule has 1 unspecified atom stereocenters. The molecule has 0 heterocycles. The normalized spacial score (nSPS) is 12.6. The summed E-state index contributed by atoms with van der Waals surface area (Å²) >= 11 is 0. The zero-order valence-electron chi connectivity index (χ0n) is 16.4. The first-order valence-electron chi connectivity index (χ1n) is 8.38. The molecule has 28 heavy (non-hydrogen) atoms. The molecule has 0 saturated carbocycles. The summed E-state index contributed by atoms with van der Waals surface area (Å²) in [7, 11) is -0.865. The Morgan fingerprint density at radius 1 is 1.18 bits per heavy atom. The van der Waals surface area contributed by atoms with Gasteiger partial charge in [-0.25, -0.2) is 22.3 Å². The molecule has 0 aliphatic carbocycles. The van der Waals surface area contributed by atoms with Crippen LogP contribution in [-0.2, 0) is 33.9 Å². The molecule has 1 rings (SSSR count). The van der Waals surface area contributed by atoms with Gasteiger partial charge in [-0.1, -0.05) is 6.07 Å². The number of anilines is 1. The lowest BCUT2D eigenvalue weighted by atomic mass is 10.2. The molecule has 0 aliphatic heterocycles. The van der Waals surface area contributed by atoms with Gasteiger partial charge in [-0.15, -0.1) is 0 Å². The number of benzene rings is 1. The van der Waals surface area contributed by atoms with Crippen LogP contribution in [0.25, 0.3) is 0 Å². The van der Waals surface area contributed by atoms with Crippen LogP contribution in [0.2, 0.25) is 0 Å². The van der Waals surface area contributed by atoms with E-state index in [9.17, 15) is 22.8 Å². The minimum Gasteiger partial charge on any atom is -0.463 e. The smallest absolute Gasteiger partial charge is 0.331 e. The lowest BCUT2D eigenvalue weighted by Crippen LogP contribution is -2.30. The van der Waals surface area contributed by atoms with Gasteiger partial charge in [-0.3, -0.25) is 4.79 Å². The Morgan fingerprint density at radius 3 is 2.36 bits per heavy atom. The van der Waals surface area contributed by atoms with Crippen molar-refractivity contribution < 1.29 is 32.3 Å². The van der Waals surface area contributed by atoms with Gasteiger partial charge < -0.3 is 14.8 Å². The van der Waals surface area contributed by atoms with Crippen LogP contribution < -0.4 is 5.32 Å². The summed E-state index contributed by atoms with van der Waals surface area (Å²) in [4.78, 5) is 35.1. The molecule has 0 radical (unpaired) electrons. The largest absolute Gasteiger partial charge is 0.463 e. The van der Waals surface area contributed by atoms with Gasteiger partial charge in [0.05, 0.1) is 11.5 Å². The number of nitrogens with zero attached hydrogens (tertiary/aromatic N) is 1. The van der Waals surface area contributed by atoms with Crippen molar-refractivity contribution in [2.75, 3.05) is 26.0 Å². The number of sulfonamides is 1. The zero-order chi connectivity index (χ0) is 21.5. The van der Waals surface area contributed by atoms with Gasteiger partial charge in [0, 0.05) is 31.9 Å². The van der Waals surface area contributed by atoms with Crippen molar-refractivity contribution in [3.63, 3.8) is 0 Å². The number of aryl methyl sites for hydroxylation is 1. The van der Waals surface area contributed by atoms with E-state index in [1.54, 1.807) is 19.9 Å². The summed E-state index contributed by atoms with van der Waals surface area (Å²) in [5.41, 5.74) is 0.907. The van der Waals surface area contributed by atoms with Crippen LogP contribution in [0.3, 0.4) is 0 Å². The minimum absolute atomic E-state index is 0.0143. The molecular weight excluding hydrogens is 388 g/mol. The summed E-state index contributed by atoms with van der Waals surface area (Å²) < 4.78 is 35.1. The first-order chi connectivity index (χ1) is 13.0. The highest BCUT2D eigenvalue weighted by Crippen LogP contribution is 2.22. The number of amides is 1. The van der Waals surface area contributed by atoms with E-state index in [4.69, 9.17) is 4.74 Å². The SMILES string of the molecule is CCOC(=O)C=CC(=O)OC(C)C(=O)Nc1cc(S(=O)(=O)N(C)C)ccc1C. The zero-order valence-corrected chi connectivity index (χ0v) is 17.2. The third-order valence-electron chi connectivity index (χ3n) is 3.55. The fourth-order valence-corrected chi connectivity index (χ4v) is 2.86. The van der Waals surface area contributed by atoms with E-state index in [2.05, 4.69) is 10.1 Å². The van der Waals surface area contributed by atoms with Crippen LogP contribution in [0, 0.1) is 6.92 Å². The van der Waals surface area contributed by atoms with E-state index in [0.717, 1.165) is 16.5 Å². The molecule has 154 valence electrons. The lowest BCUT2D eigenvalue weighted by Gasteiger charge is -2.16. The molecule has 1 atom stereocenters. The number of ether oxygens (including phenoxy) is 2. The standard InChI is InChI=1S/C18H24N2O7S/c1-6-26-16(21)9-10-17(22)27-13(3)18(23)19-15-11-14(8-7-12(15)2)28(24,25)20(4)5/h7-11,13H,6H2,1-5H3,(H,19,23). The Labute approximate surface area is 164 Å². The molecule has 9 nitrogen and oxygen atoms in total. The van der Waals surface area contributed by atoms with Gasteiger partial charge in [-0.2, -0.15) is 0 Å². The van der Waals surface area contributed by atoms with E-state index < -0.39 is 34.0 Å². The maximum absolute atomic E-state index is 12.3. The van der Waals surface area contributed by atoms with Crippen LogP contribution in [0.5, 0.6) is 0 Å². The van der Waals surface area contributed by atoms with Crippen molar-refractivity contribution >= 4 is 33.6 Å². The van der Waals surface area contributed by atoms with Crippen LogP contribution in [-0.4, -0.2) is 57.4 Å². The summed E-state index contributed by atoms with van der Waals surface area (Å²) in [5, 5.41) is 2.54. The van der Waals surface area contributed by atoms with Crippen LogP contribution in [0.4, 0.5) is 5.69 Å². The van der Waals surface area contributed by atoms with E-state index in [1.807, 2.05) is 0 Å². The third-order valence-corrected chi connectivity index (χ3v) is 5.36. The van der Waals surface area contributed by atoms with E-state index >= 15 is 0 Å². The van der Waals surface area contributed by atoms with Gasteiger partial charge in [-0.05, 0) is 38.5 Å². The lowest BCUT2D eigenvalue weighted by molar-refractivity contribution is -0.148. The average Bonchev–Trinajstić information content (AvgIpc) is 2.61. The summed E-state index contributed by atoms with van der Waals surface area (Å²) in [6.45, 7) is 4.83. The maximum Gasteiger partial charge on any atom is 0.331 e. The predicted molar refractivity (Wildman–Crippen MR) is 102 cm³/mol. The Hall–Kier alpha value is -2.72. The van der Waals surface area contributed by atoms with Gasteiger partial charge in [0.25, 0.3) is 5.91 Å². The molecule has 1 N–H and O–H groups in total. The molecule has 0 spiro atoms. The second kappa shape index (κ2) is 10.00. The number of carbonyl (C=O) groups excluding carboxylic acids is 3. The van der Waals surface area contributed by atoms with Crippen molar-refractivity contribution in [2.24, 2.45) is 0 Å². The van der Waals surface area contributed by atoms with Crippen molar-refractivity contribution in [1.29, 1.82) is 0 Å². The van der Waals surface area contributed by atoms with Crippen LogP contribution >= 0.6 is 0 Å². The van der Waals surface area contributed by atoms with E-state index in [1.165, 1.54) is 33.2 Å². The Balaban J connectivity index is 2.84. The highest BCUT2D eigenvalue weighted by molar-refractivity contribution is 7.89. The summed E-state index contributed by atoms with van der Waals surface area (Å²) in [5.74, 6) is -2.25. The highest BCUT2D eigenvalue weighted by atomic mass is 32.2. The number of nitrogens with one attached hydrogen (secondary N) is 1. The van der Waals surface area contributed by atoms with Gasteiger partial charge in [0.1, 0.15) is 0 Å². The molecule has 10 heteroatoms. The first-order valence-corrected chi connectivity index (χ1v) is 9.82. The predicted octanol–water partition coefficient (Wildman–Crippen LogP) is 1.23. The van der Waals surface area contributed by atoms with Crippen molar-refractivity contribution in [2.45, 2.75) is 31.8 Å². The molecule has 0 aromatic heterocycles. The highest BCUT2D eigenvalue weighted by Gasteiger charge is 2.21. The fourth-order valence-electron chi connectivity index (χ4n) is 1.93. The van der Waals surface area contributed by atoms with E-state index in [0.29, 0.717) is 5.56 Å². The van der Waals surface area contributed by atoms with E-state index in [-0.39, 0.29) is 17.2 Å². The molecular formula is C18H24N2O7S. The van der Waals surface area contributed by atoms with Crippen molar-refractivity contribution in [3.8, 4) is 0 Å². The number of hydrogen-bond acceptors (Lipinski definition) is 7. The van der Waals surface area contributed by atoms with Crippen LogP contribution in [0.1, 0.15) is 19.4 Å². The van der Waals surface area contributed by atoms with Crippen molar-refractivity contribution in [3.05, 3.63) is 35.9 Å². The average molecular weight is 412 g/mol. The molecule has 0 bridgehead atoms. The first kappa shape index (κ1) is 23.3. The third kappa shape index (κ3) is 6.46. The van der Waals surface area contributed by atoms with Gasteiger partial charge in [0.15, 0.2) is 6.10 Å². The molecule has 1 aromatic carbocycles. The number of rotatable bonds is 8. The summed E-state index contributed by atoms with van der Waals surface area (Å²) in [6.07, 6.45) is 0.584. The van der Waals surface area contributed by atoms with Gasteiger partial charge >= 0.3 is 11.9 Å². The molecule has 1 amide bonds. The second-order valence-corrected chi connectivity index (χ2v) is 8.07. The maximum atomic E-state index is 12.3. The monoisotopic (exact) mass is 412 g/mol. The molecule has 1 aromatic rings. The van der Waals surface area contributed by atoms with Gasteiger partial charge in [0.2, 0.25) is 10.0 Å².